The van der Waals surface area contributed by atoms with Crippen LogP contribution < -0.4 is 0 Å². The van der Waals surface area contributed by atoms with Gasteiger partial charge in [-0.2, -0.15) is 0 Å². The first kappa shape index (κ1) is 10.7. The van der Waals surface area contributed by atoms with Crippen molar-refractivity contribution in [2.75, 3.05) is 0 Å². The van der Waals surface area contributed by atoms with E-state index in [9.17, 15) is 4.79 Å². The van der Waals surface area contributed by atoms with Crippen molar-refractivity contribution in [2.45, 2.75) is 20.8 Å². The van der Waals surface area contributed by atoms with Crippen LogP contribution in [-0.2, 0) is 4.79 Å². The second-order valence-corrected chi connectivity index (χ2v) is 3.50. The van der Waals surface area contributed by atoms with Gasteiger partial charge in [0.2, 0.25) is 0 Å². The molecule has 1 nitrogen and oxygen atoms in total. The van der Waals surface area contributed by atoms with Crippen molar-refractivity contribution in [3.05, 3.63) is 23.8 Å². The molecule has 0 N–H and O–H groups in total. The largest absolute Gasteiger partial charge is 0.299 e. The third-order valence-electron chi connectivity index (χ3n) is 1.42. The van der Waals surface area contributed by atoms with Crippen LogP contribution >= 0.6 is 0 Å². The minimum Gasteiger partial charge on any atom is -0.299 e. The Morgan fingerprint density at radius 2 is 1.92 bits per heavy atom. The van der Waals surface area contributed by atoms with Crippen LogP contribution in [0.2, 0.25) is 0 Å². The summed E-state index contributed by atoms with van der Waals surface area (Å²) < 4.78 is 0. The second-order valence-electron chi connectivity index (χ2n) is 3.50. The number of hydrogen-bond acceptors (Lipinski definition) is 1. The molecule has 0 fully saturated rings. The van der Waals surface area contributed by atoms with Crippen LogP contribution in [0.25, 0.3) is 0 Å². The molecule has 0 spiro atoms. The van der Waals surface area contributed by atoms with Crippen molar-refractivity contribution in [1.29, 1.82) is 0 Å². The summed E-state index contributed by atoms with van der Waals surface area (Å²) in [6.45, 7) is 6.11. The highest BCUT2D eigenvalue weighted by atomic mass is 16.1. The van der Waals surface area contributed by atoms with Crippen LogP contribution in [0, 0.1) is 17.8 Å². The van der Waals surface area contributed by atoms with Gasteiger partial charge >= 0.3 is 0 Å². The van der Waals surface area contributed by atoms with Crippen molar-refractivity contribution >= 4 is 6.29 Å². The fraction of sp³-hybridized carbons (Fsp3) is 0.364. The average molecular weight is 162 g/mol. The second kappa shape index (κ2) is 4.56. The van der Waals surface area contributed by atoms with Gasteiger partial charge < -0.3 is 0 Å². The summed E-state index contributed by atoms with van der Waals surface area (Å²) in [6, 6.07) is 0. The van der Waals surface area contributed by atoms with Gasteiger partial charge in [0, 0.05) is 5.57 Å². The molecule has 0 saturated heterocycles. The van der Waals surface area contributed by atoms with Crippen LogP contribution in [0.5, 0.6) is 0 Å². The minimum atomic E-state index is -0.0258. The van der Waals surface area contributed by atoms with E-state index in [1.165, 1.54) is 6.08 Å². The van der Waals surface area contributed by atoms with E-state index in [1.54, 1.807) is 12.2 Å². The molecule has 12 heavy (non-hydrogen) atoms. The quantitative estimate of drug-likeness (QED) is 0.263. The molecule has 0 aromatic heterocycles. The van der Waals surface area contributed by atoms with E-state index in [0.29, 0.717) is 0 Å². The van der Waals surface area contributed by atoms with Gasteiger partial charge in [0.25, 0.3) is 0 Å². The Hall–Kier alpha value is -1.29. The third kappa shape index (κ3) is 3.78. The average Bonchev–Trinajstić information content (AvgIpc) is 1.95. The van der Waals surface area contributed by atoms with Crippen LogP contribution in [0.1, 0.15) is 20.8 Å². The summed E-state index contributed by atoms with van der Waals surface area (Å²) in [6.07, 6.45) is 10.9. The number of aldehydes is 1. The van der Waals surface area contributed by atoms with Crippen molar-refractivity contribution in [3.8, 4) is 12.3 Å². The zero-order chi connectivity index (χ0) is 9.61. The van der Waals surface area contributed by atoms with E-state index in [0.717, 1.165) is 11.9 Å². The molecule has 0 amide bonds. The standard InChI is InChI=1S/C11H14O/c1-5-10(11(2,3)4)8-6-7-9-12/h1,6-9H,2-4H3. The van der Waals surface area contributed by atoms with Gasteiger partial charge in [0.1, 0.15) is 6.29 Å². The monoisotopic (exact) mass is 162 g/mol. The Morgan fingerprint density at radius 3 is 2.25 bits per heavy atom. The van der Waals surface area contributed by atoms with E-state index >= 15 is 0 Å². The summed E-state index contributed by atoms with van der Waals surface area (Å²) in [7, 11) is 0. The number of carbonyl (C=O) groups is 1. The fourth-order valence-electron chi connectivity index (χ4n) is 0.712. The molecule has 0 aliphatic rings. The molecular weight excluding hydrogens is 148 g/mol. The van der Waals surface area contributed by atoms with E-state index in [-0.39, 0.29) is 5.41 Å². The highest BCUT2D eigenvalue weighted by Crippen LogP contribution is 2.23. The Kier molecular flexibility index (Phi) is 4.07. The van der Waals surface area contributed by atoms with E-state index in [4.69, 9.17) is 6.42 Å². The number of allylic oxidation sites excluding steroid dienone is 4. The van der Waals surface area contributed by atoms with Crippen molar-refractivity contribution in [1.82, 2.24) is 0 Å². The SMILES string of the molecule is C#CC(=CC=CC=O)C(C)(C)C. The normalized spacial score (nSPS) is 13.0. The third-order valence-corrected chi connectivity index (χ3v) is 1.42. The Balaban J connectivity index is 4.59. The summed E-state index contributed by atoms with van der Waals surface area (Å²) in [5.41, 5.74) is 0.864. The van der Waals surface area contributed by atoms with Gasteiger partial charge in [-0.05, 0) is 11.5 Å². The summed E-state index contributed by atoms with van der Waals surface area (Å²) in [5, 5.41) is 0. The maximum Gasteiger partial charge on any atom is 0.142 e. The molecule has 0 atom stereocenters. The van der Waals surface area contributed by atoms with Gasteiger partial charge in [-0.1, -0.05) is 38.8 Å². The van der Waals surface area contributed by atoms with Gasteiger partial charge in [0.05, 0.1) is 0 Å². The lowest BCUT2D eigenvalue weighted by Gasteiger charge is -2.17. The van der Waals surface area contributed by atoms with E-state index in [1.807, 2.05) is 20.8 Å². The van der Waals surface area contributed by atoms with Crippen molar-refractivity contribution < 1.29 is 4.79 Å². The maximum absolute atomic E-state index is 9.96. The first-order valence-corrected chi connectivity index (χ1v) is 3.81. The van der Waals surface area contributed by atoms with Gasteiger partial charge in [0.15, 0.2) is 0 Å². The summed E-state index contributed by atoms with van der Waals surface area (Å²) >= 11 is 0. The molecule has 1 heteroatoms. The molecule has 0 radical (unpaired) electrons. The lowest BCUT2D eigenvalue weighted by molar-refractivity contribution is -0.104. The minimum absolute atomic E-state index is 0.0258. The molecule has 0 heterocycles. The first-order valence-electron chi connectivity index (χ1n) is 3.81. The molecular formula is C11H14O. The smallest absolute Gasteiger partial charge is 0.142 e. The van der Waals surface area contributed by atoms with Gasteiger partial charge in [-0.15, -0.1) is 6.42 Å². The lowest BCUT2D eigenvalue weighted by atomic mass is 9.87. The van der Waals surface area contributed by atoms with Crippen molar-refractivity contribution in [2.24, 2.45) is 5.41 Å². The number of hydrogen-bond donors (Lipinski definition) is 0. The molecule has 0 unspecified atom stereocenters. The van der Waals surface area contributed by atoms with Crippen LogP contribution in [0.15, 0.2) is 23.8 Å². The highest BCUT2D eigenvalue weighted by molar-refractivity contribution is 5.65. The molecule has 0 aromatic rings. The van der Waals surface area contributed by atoms with Crippen LogP contribution in [-0.4, -0.2) is 6.29 Å². The topological polar surface area (TPSA) is 17.1 Å². The number of carbonyl (C=O) groups excluding carboxylic acids is 1. The summed E-state index contributed by atoms with van der Waals surface area (Å²) in [4.78, 5) is 9.96. The molecule has 0 aromatic carbocycles. The maximum atomic E-state index is 9.96. The fourth-order valence-corrected chi connectivity index (χ4v) is 0.712. The summed E-state index contributed by atoms with van der Waals surface area (Å²) in [5.74, 6) is 2.59. The molecule has 0 saturated carbocycles. The molecule has 0 bridgehead atoms. The van der Waals surface area contributed by atoms with E-state index < -0.39 is 0 Å². The van der Waals surface area contributed by atoms with Crippen LogP contribution in [0.4, 0.5) is 0 Å². The Morgan fingerprint density at radius 1 is 1.33 bits per heavy atom. The highest BCUT2D eigenvalue weighted by Gasteiger charge is 2.13. The molecule has 0 aliphatic carbocycles. The Bertz CT molecular complexity index is 243. The zero-order valence-electron chi connectivity index (χ0n) is 7.79. The lowest BCUT2D eigenvalue weighted by Crippen LogP contribution is -2.07. The first-order chi connectivity index (χ1) is 5.52. The molecule has 0 rings (SSSR count). The van der Waals surface area contributed by atoms with Gasteiger partial charge in [-0.25, -0.2) is 0 Å². The van der Waals surface area contributed by atoms with Gasteiger partial charge in [-0.3, -0.25) is 4.79 Å². The Labute approximate surface area is 74.2 Å². The zero-order valence-corrected chi connectivity index (χ0v) is 7.79. The predicted octanol–water partition coefficient (Wildman–Crippen LogP) is 2.35. The molecule has 64 valence electrons. The number of rotatable bonds is 2. The van der Waals surface area contributed by atoms with Crippen molar-refractivity contribution in [3.63, 3.8) is 0 Å². The number of terminal acetylenes is 1. The molecule has 0 aliphatic heterocycles. The van der Waals surface area contributed by atoms with Crippen LogP contribution in [0.3, 0.4) is 0 Å². The van der Waals surface area contributed by atoms with E-state index in [2.05, 4.69) is 5.92 Å². The predicted molar refractivity (Wildman–Crippen MR) is 51.6 cm³/mol.